The SMILES string of the molecule is CC(C)=CCC/C(C)=C/CC=CC(C)(O)CCC=C(C)C. The molecule has 0 saturated carbocycles. The Labute approximate surface area is 132 Å². The summed E-state index contributed by atoms with van der Waals surface area (Å²) >= 11 is 0. The highest BCUT2D eigenvalue weighted by atomic mass is 16.3. The van der Waals surface area contributed by atoms with Gasteiger partial charge in [0.25, 0.3) is 0 Å². The van der Waals surface area contributed by atoms with Gasteiger partial charge < -0.3 is 5.11 Å². The van der Waals surface area contributed by atoms with Gasteiger partial charge in [0.2, 0.25) is 0 Å². The molecule has 0 aromatic heterocycles. The van der Waals surface area contributed by atoms with E-state index in [9.17, 15) is 5.11 Å². The van der Waals surface area contributed by atoms with Crippen molar-refractivity contribution in [2.24, 2.45) is 0 Å². The summed E-state index contributed by atoms with van der Waals surface area (Å²) in [5.41, 5.74) is 3.41. The number of hydrogen-bond donors (Lipinski definition) is 1. The molecule has 21 heavy (non-hydrogen) atoms. The maximum absolute atomic E-state index is 10.3. The lowest BCUT2D eigenvalue weighted by atomic mass is 9.98. The van der Waals surface area contributed by atoms with Crippen molar-refractivity contribution in [3.05, 3.63) is 47.1 Å². The molecule has 120 valence electrons. The monoisotopic (exact) mass is 290 g/mol. The van der Waals surface area contributed by atoms with Crippen molar-refractivity contribution in [1.29, 1.82) is 0 Å². The fourth-order valence-electron chi connectivity index (χ4n) is 2.02. The average Bonchev–Trinajstić information content (AvgIpc) is 2.33. The van der Waals surface area contributed by atoms with E-state index in [1.807, 2.05) is 13.0 Å². The Morgan fingerprint density at radius 3 is 2.05 bits per heavy atom. The highest BCUT2D eigenvalue weighted by Crippen LogP contribution is 2.16. The second-order valence-corrected chi connectivity index (χ2v) is 6.69. The van der Waals surface area contributed by atoms with Crippen LogP contribution in [0.2, 0.25) is 0 Å². The fraction of sp³-hybridized carbons (Fsp3) is 0.600. The van der Waals surface area contributed by atoms with Gasteiger partial charge in [0, 0.05) is 0 Å². The molecule has 1 atom stereocenters. The first-order valence-electron chi connectivity index (χ1n) is 8.05. The molecule has 0 heterocycles. The third-order valence-electron chi connectivity index (χ3n) is 3.37. The van der Waals surface area contributed by atoms with Crippen LogP contribution >= 0.6 is 0 Å². The minimum absolute atomic E-state index is 0.699. The summed E-state index contributed by atoms with van der Waals surface area (Å²) in [6.45, 7) is 12.5. The van der Waals surface area contributed by atoms with E-state index in [0.29, 0.717) is 0 Å². The maximum Gasteiger partial charge on any atom is 0.0802 e. The summed E-state index contributed by atoms with van der Waals surface area (Å²) in [5, 5.41) is 10.3. The smallest absolute Gasteiger partial charge is 0.0802 e. The fourth-order valence-corrected chi connectivity index (χ4v) is 2.02. The molecule has 0 aromatic carbocycles. The van der Waals surface area contributed by atoms with Crippen molar-refractivity contribution >= 4 is 0 Å². The summed E-state index contributed by atoms with van der Waals surface area (Å²) in [5.74, 6) is 0. The van der Waals surface area contributed by atoms with Crippen LogP contribution in [0.25, 0.3) is 0 Å². The van der Waals surface area contributed by atoms with Crippen LogP contribution in [-0.2, 0) is 0 Å². The Balaban J connectivity index is 4.12. The van der Waals surface area contributed by atoms with Crippen LogP contribution in [0.4, 0.5) is 0 Å². The summed E-state index contributed by atoms with van der Waals surface area (Å²) in [7, 11) is 0. The zero-order valence-corrected chi connectivity index (χ0v) is 14.9. The first-order chi connectivity index (χ1) is 9.73. The zero-order valence-electron chi connectivity index (χ0n) is 14.9. The Hall–Kier alpha value is -1.08. The van der Waals surface area contributed by atoms with Crippen LogP contribution < -0.4 is 0 Å². The maximum atomic E-state index is 10.3. The summed E-state index contributed by atoms with van der Waals surface area (Å²) < 4.78 is 0. The number of aliphatic hydroxyl groups is 1. The van der Waals surface area contributed by atoms with Gasteiger partial charge in [0.15, 0.2) is 0 Å². The first-order valence-corrected chi connectivity index (χ1v) is 8.05. The molecule has 0 radical (unpaired) electrons. The van der Waals surface area contributed by atoms with Crippen LogP contribution in [-0.4, -0.2) is 10.7 Å². The average molecular weight is 290 g/mol. The van der Waals surface area contributed by atoms with E-state index < -0.39 is 5.60 Å². The van der Waals surface area contributed by atoms with Gasteiger partial charge in [0.05, 0.1) is 5.60 Å². The molecule has 1 heteroatoms. The van der Waals surface area contributed by atoms with E-state index >= 15 is 0 Å². The van der Waals surface area contributed by atoms with E-state index in [-0.39, 0.29) is 0 Å². The standard InChI is InChI=1S/C20H34O/c1-17(2)11-9-14-19(5)13-7-8-15-20(6,21)16-10-12-18(3)4/h8,11-13,15,21H,7,9-10,14,16H2,1-6H3/b15-8?,19-13+. The molecule has 0 aliphatic rings. The van der Waals surface area contributed by atoms with Crippen LogP contribution in [0, 0.1) is 0 Å². The van der Waals surface area contributed by atoms with Gasteiger partial charge in [-0.05, 0) is 73.6 Å². The first kappa shape index (κ1) is 19.9. The van der Waals surface area contributed by atoms with Crippen LogP contribution in [0.15, 0.2) is 47.1 Å². The molecule has 0 aliphatic heterocycles. The molecular formula is C20H34O. The number of hydrogen-bond acceptors (Lipinski definition) is 1. The predicted molar refractivity (Wildman–Crippen MR) is 95.5 cm³/mol. The van der Waals surface area contributed by atoms with E-state index in [1.165, 1.54) is 16.7 Å². The molecule has 0 amide bonds. The lowest BCUT2D eigenvalue weighted by Crippen LogP contribution is -2.19. The summed E-state index contributed by atoms with van der Waals surface area (Å²) in [6, 6.07) is 0. The highest BCUT2D eigenvalue weighted by molar-refractivity contribution is 5.07. The Morgan fingerprint density at radius 2 is 1.48 bits per heavy atom. The molecule has 0 saturated heterocycles. The molecule has 0 bridgehead atoms. The summed E-state index contributed by atoms with van der Waals surface area (Å²) in [6.07, 6.45) is 15.6. The van der Waals surface area contributed by atoms with Crippen molar-refractivity contribution in [3.8, 4) is 0 Å². The van der Waals surface area contributed by atoms with E-state index in [2.05, 4.69) is 58.9 Å². The van der Waals surface area contributed by atoms with Crippen molar-refractivity contribution in [2.45, 2.75) is 79.2 Å². The van der Waals surface area contributed by atoms with Gasteiger partial charge in [-0.25, -0.2) is 0 Å². The van der Waals surface area contributed by atoms with Crippen LogP contribution in [0.3, 0.4) is 0 Å². The molecule has 0 aliphatic carbocycles. The van der Waals surface area contributed by atoms with Gasteiger partial charge in [0.1, 0.15) is 0 Å². The Morgan fingerprint density at radius 1 is 0.905 bits per heavy atom. The number of allylic oxidation sites excluding steroid dienone is 7. The molecule has 0 rings (SSSR count). The topological polar surface area (TPSA) is 20.2 Å². The van der Waals surface area contributed by atoms with Crippen molar-refractivity contribution in [2.75, 3.05) is 0 Å². The lowest BCUT2D eigenvalue weighted by Gasteiger charge is -2.17. The Kier molecular flexibility index (Phi) is 10.1. The van der Waals surface area contributed by atoms with Gasteiger partial charge in [-0.15, -0.1) is 0 Å². The number of rotatable bonds is 9. The summed E-state index contributed by atoms with van der Waals surface area (Å²) in [4.78, 5) is 0. The van der Waals surface area contributed by atoms with Gasteiger partial charge >= 0.3 is 0 Å². The van der Waals surface area contributed by atoms with Gasteiger partial charge in [-0.3, -0.25) is 0 Å². The molecule has 1 N–H and O–H groups in total. The predicted octanol–water partition coefficient (Wildman–Crippen LogP) is 6.12. The van der Waals surface area contributed by atoms with Crippen molar-refractivity contribution < 1.29 is 5.11 Å². The molecule has 1 nitrogen and oxygen atoms in total. The van der Waals surface area contributed by atoms with Gasteiger partial charge in [-0.2, -0.15) is 0 Å². The normalized spacial score (nSPS) is 14.9. The van der Waals surface area contributed by atoms with E-state index in [4.69, 9.17) is 0 Å². The van der Waals surface area contributed by atoms with Crippen LogP contribution in [0.1, 0.15) is 73.6 Å². The zero-order chi connectivity index (χ0) is 16.3. The molecular weight excluding hydrogens is 256 g/mol. The van der Waals surface area contributed by atoms with Crippen molar-refractivity contribution in [1.82, 2.24) is 0 Å². The molecule has 0 fully saturated rings. The highest BCUT2D eigenvalue weighted by Gasteiger charge is 2.14. The molecule has 0 spiro atoms. The van der Waals surface area contributed by atoms with E-state index in [0.717, 1.165) is 32.1 Å². The van der Waals surface area contributed by atoms with E-state index in [1.54, 1.807) is 0 Å². The lowest BCUT2D eigenvalue weighted by molar-refractivity contribution is 0.103. The third kappa shape index (κ3) is 13.7. The Bertz CT molecular complexity index is 398. The largest absolute Gasteiger partial charge is 0.386 e. The van der Waals surface area contributed by atoms with Crippen molar-refractivity contribution in [3.63, 3.8) is 0 Å². The molecule has 1 unspecified atom stereocenters. The second kappa shape index (κ2) is 10.6. The minimum Gasteiger partial charge on any atom is -0.386 e. The minimum atomic E-state index is -0.699. The second-order valence-electron chi connectivity index (χ2n) is 6.69. The molecule has 0 aromatic rings. The quantitative estimate of drug-likeness (QED) is 0.507. The third-order valence-corrected chi connectivity index (χ3v) is 3.37. The van der Waals surface area contributed by atoms with Gasteiger partial charge in [-0.1, -0.05) is 47.1 Å². The van der Waals surface area contributed by atoms with Crippen LogP contribution in [0.5, 0.6) is 0 Å².